The van der Waals surface area contributed by atoms with Crippen LogP contribution < -0.4 is 14.8 Å². The fourth-order valence-electron chi connectivity index (χ4n) is 2.76. The van der Waals surface area contributed by atoms with E-state index in [1.54, 1.807) is 0 Å². The van der Waals surface area contributed by atoms with Crippen molar-refractivity contribution in [1.82, 2.24) is 4.90 Å². The van der Waals surface area contributed by atoms with Crippen LogP contribution in [0.1, 0.15) is 25.0 Å². The zero-order valence-electron chi connectivity index (χ0n) is 14.7. The summed E-state index contributed by atoms with van der Waals surface area (Å²) in [6.07, 6.45) is 1.04. The molecule has 3 rings (SSSR count). The molecular weight excluding hydrogens is 332 g/mol. The average molecular weight is 356 g/mol. The van der Waals surface area contributed by atoms with Gasteiger partial charge in [-0.25, -0.2) is 0 Å². The van der Waals surface area contributed by atoms with Crippen molar-refractivity contribution in [3.8, 4) is 11.5 Å². The molecule has 1 aliphatic heterocycles. The molecule has 1 heterocycles. The number of fused-ring (bicyclic) bond motifs is 1. The summed E-state index contributed by atoms with van der Waals surface area (Å²) in [5.74, 6) is 1.63. The second-order valence-electron chi connectivity index (χ2n) is 5.97. The first-order chi connectivity index (χ1) is 12.2. The number of rotatable bonds is 5. The van der Waals surface area contributed by atoms with E-state index in [2.05, 4.69) is 54.4 Å². The molecule has 0 spiro atoms. The summed E-state index contributed by atoms with van der Waals surface area (Å²) in [6, 6.07) is 14.5. The summed E-state index contributed by atoms with van der Waals surface area (Å²) in [6.45, 7) is 7.02. The van der Waals surface area contributed by atoms with Gasteiger partial charge in [-0.05, 0) is 61.0 Å². The lowest BCUT2D eigenvalue weighted by Gasteiger charge is -2.25. The van der Waals surface area contributed by atoms with Crippen LogP contribution in [0.15, 0.2) is 42.5 Å². The Labute approximate surface area is 154 Å². The van der Waals surface area contributed by atoms with Crippen molar-refractivity contribution in [2.45, 2.75) is 26.8 Å². The maximum atomic E-state index is 5.67. The molecule has 0 saturated carbocycles. The van der Waals surface area contributed by atoms with Gasteiger partial charge in [-0.2, -0.15) is 0 Å². The largest absolute Gasteiger partial charge is 0.486 e. The van der Waals surface area contributed by atoms with E-state index in [-0.39, 0.29) is 0 Å². The molecular formula is C20H24N2O2S. The maximum Gasteiger partial charge on any atom is 0.173 e. The molecule has 0 amide bonds. The van der Waals surface area contributed by atoms with E-state index in [1.165, 1.54) is 5.56 Å². The van der Waals surface area contributed by atoms with Crippen LogP contribution in [0.5, 0.6) is 11.5 Å². The van der Waals surface area contributed by atoms with Crippen LogP contribution in [-0.4, -0.2) is 29.8 Å². The molecule has 0 bridgehead atoms. The first-order valence-corrected chi connectivity index (χ1v) is 9.13. The molecule has 2 aromatic carbocycles. The van der Waals surface area contributed by atoms with Gasteiger partial charge < -0.3 is 19.7 Å². The van der Waals surface area contributed by atoms with Gasteiger partial charge in [-0.15, -0.1) is 0 Å². The first-order valence-electron chi connectivity index (χ1n) is 8.73. The van der Waals surface area contributed by atoms with Crippen LogP contribution in [0.3, 0.4) is 0 Å². The Balaban J connectivity index is 1.65. The number of ether oxygens (including phenoxy) is 2. The van der Waals surface area contributed by atoms with Crippen LogP contribution in [-0.2, 0) is 13.0 Å². The Hall–Kier alpha value is -2.27. The van der Waals surface area contributed by atoms with E-state index in [9.17, 15) is 0 Å². The highest BCUT2D eigenvalue weighted by Gasteiger charge is 2.14. The van der Waals surface area contributed by atoms with Crippen LogP contribution in [0.2, 0.25) is 0 Å². The molecule has 4 nitrogen and oxygen atoms in total. The fraction of sp³-hybridized carbons (Fsp3) is 0.350. The van der Waals surface area contributed by atoms with Crippen molar-refractivity contribution in [2.75, 3.05) is 25.1 Å². The Kier molecular flexibility index (Phi) is 5.76. The third kappa shape index (κ3) is 4.42. The number of nitrogens with one attached hydrogen (secondary N) is 1. The van der Waals surface area contributed by atoms with Crippen molar-refractivity contribution >= 4 is 23.0 Å². The van der Waals surface area contributed by atoms with Crippen molar-refractivity contribution in [3.63, 3.8) is 0 Å². The van der Waals surface area contributed by atoms with Gasteiger partial charge >= 0.3 is 0 Å². The minimum atomic E-state index is 0.599. The topological polar surface area (TPSA) is 33.7 Å². The lowest BCUT2D eigenvalue weighted by atomic mass is 10.1. The normalized spacial score (nSPS) is 12.6. The number of anilines is 1. The molecule has 0 radical (unpaired) electrons. The van der Waals surface area contributed by atoms with Gasteiger partial charge in [0.05, 0.1) is 0 Å². The Morgan fingerprint density at radius 1 is 1.00 bits per heavy atom. The number of aryl methyl sites for hydroxylation is 1. The third-order valence-electron chi connectivity index (χ3n) is 4.26. The SMILES string of the molecule is CCc1ccc(NC(=S)N(CC)Cc2ccc3c(c2)OCCO3)cc1. The van der Waals surface area contributed by atoms with Crippen LogP contribution in [0.25, 0.3) is 0 Å². The van der Waals surface area contributed by atoms with E-state index in [0.717, 1.165) is 47.4 Å². The molecule has 0 saturated heterocycles. The lowest BCUT2D eigenvalue weighted by Crippen LogP contribution is -2.34. The number of nitrogens with zero attached hydrogens (tertiary/aromatic N) is 1. The summed E-state index contributed by atoms with van der Waals surface area (Å²) < 4.78 is 11.2. The highest BCUT2D eigenvalue weighted by molar-refractivity contribution is 7.80. The Morgan fingerprint density at radius 3 is 2.36 bits per heavy atom. The molecule has 132 valence electrons. The van der Waals surface area contributed by atoms with Gasteiger partial charge in [0.25, 0.3) is 0 Å². The third-order valence-corrected chi connectivity index (χ3v) is 4.62. The number of hydrogen-bond acceptors (Lipinski definition) is 3. The predicted octanol–water partition coefficient (Wildman–Crippen LogP) is 4.24. The monoisotopic (exact) mass is 356 g/mol. The van der Waals surface area contributed by atoms with E-state index in [4.69, 9.17) is 21.7 Å². The van der Waals surface area contributed by atoms with Gasteiger partial charge in [0.2, 0.25) is 0 Å². The highest BCUT2D eigenvalue weighted by Crippen LogP contribution is 2.31. The smallest absolute Gasteiger partial charge is 0.173 e. The van der Waals surface area contributed by atoms with Crippen molar-refractivity contribution in [3.05, 3.63) is 53.6 Å². The van der Waals surface area contributed by atoms with Crippen molar-refractivity contribution < 1.29 is 9.47 Å². The summed E-state index contributed by atoms with van der Waals surface area (Å²) in [5, 5.41) is 4.05. The fourth-order valence-corrected chi connectivity index (χ4v) is 3.07. The molecule has 0 aliphatic carbocycles. The van der Waals surface area contributed by atoms with Crippen molar-refractivity contribution in [1.29, 1.82) is 0 Å². The number of thiocarbonyl (C=S) groups is 1. The molecule has 0 fully saturated rings. The minimum Gasteiger partial charge on any atom is -0.486 e. The van der Waals surface area contributed by atoms with Gasteiger partial charge in [-0.3, -0.25) is 0 Å². The summed E-state index contributed by atoms with van der Waals surface area (Å²) in [5.41, 5.74) is 3.49. The quantitative estimate of drug-likeness (QED) is 0.811. The first kappa shape index (κ1) is 17.5. The zero-order valence-corrected chi connectivity index (χ0v) is 15.6. The molecule has 2 aromatic rings. The van der Waals surface area contributed by atoms with Crippen LogP contribution in [0.4, 0.5) is 5.69 Å². The Morgan fingerprint density at radius 2 is 1.68 bits per heavy atom. The molecule has 1 N–H and O–H groups in total. The van der Waals surface area contributed by atoms with E-state index in [1.807, 2.05) is 12.1 Å². The van der Waals surface area contributed by atoms with E-state index >= 15 is 0 Å². The summed E-state index contributed by atoms with van der Waals surface area (Å²) in [4.78, 5) is 2.13. The molecule has 25 heavy (non-hydrogen) atoms. The summed E-state index contributed by atoms with van der Waals surface area (Å²) >= 11 is 5.60. The van der Waals surface area contributed by atoms with Crippen molar-refractivity contribution in [2.24, 2.45) is 0 Å². The van der Waals surface area contributed by atoms with E-state index in [0.29, 0.717) is 13.2 Å². The second-order valence-corrected chi connectivity index (χ2v) is 6.36. The van der Waals surface area contributed by atoms with Gasteiger partial charge in [0, 0.05) is 18.8 Å². The molecule has 5 heteroatoms. The summed E-state index contributed by atoms with van der Waals surface area (Å²) in [7, 11) is 0. The highest BCUT2D eigenvalue weighted by atomic mass is 32.1. The number of hydrogen-bond donors (Lipinski definition) is 1. The molecule has 0 unspecified atom stereocenters. The molecule has 1 aliphatic rings. The van der Waals surface area contributed by atoms with Crippen LogP contribution in [0, 0.1) is 0 Å². The zero-order chi connectivity index (χ0) is 17.6. The number of benzene rings is 2. The van der Waals surface area contributed by atoms with Gasteiger partial charge in [-0.1, -0.05) is 25.1 Å². The minimum absolute atomic E-state index is 0.599. The molecule has 0 aromatic heterocycles. The van der Waals surface area contributed by atoms with Crippen LogP contribution >= 0.6 is 12.2 Å². The van der Waals surface area contributed by atoms with Gasteiger partial charge in [0.1, 0.15) is 13.2 Å². The lowest BCUT2D eigenvalue weighted by molar-refractivity contribution is 0.171. The standard InChI is InChI=1S/C20H24N2O2S/c1-3-15-5-8-17(9-6-15)21-20(25)22(4-2)14-16-7-10-18-19(13-16)24-12-11-23-18/h5-10,13H,3-4,11-12,14H2,1-2H3,(H,21,25). The molecule has 0 atom stereocenters. The maximum absolute atomic E-state index is 5.67. The average Bonchev–Trinajstić information content (AvgIpc) is 2.66. The second kappa shape index (κ2) is 8.21. The van der Waals surface area contributed by atoms with E-state index < -0.39 is 0 Å². The predicted molar refractivity (Wildman–Crippen MR) is 106 cm³/mol. The Bertz CT molecular complexity index is 731. The van der Waals surface area contributed by atoms with Gasteiger partial charge in [0.15, 0.2) is 16.6 Å².